The Morgan fingerprint density at radius 1 is 1.25 bits per heavy atom. The fraction of sp³-hybridized carbons (Fsp3) is 0.263. The van der Waals surface area contributed by atoms with Crippen LogP contribution in [0, 0.1) is 12.8 Å². The van der Waals surface area contributed by atoms with Crippen LogP contribution in [0.5, 0.6) is 0 Å². The highest BCUT2D eigenvalue weighted by atomic mass is 79.9. The summed E-state index contributed by atoms with van der Waals surface area (Å²) in [5.41, 5.74) is 2.96. The Hall–Kier alpha value is -2.14. The van der Waals surface area contributed by atoms with Crippen LogP contribution in [0.1, 0.15) is 17.5 Å². The molecule has 0 radical (unpaired) electrons. The van der Waals surface area contributed by atoms with Crippen molar-refractivity contribution >= 4 is 33.4 Å². The van der Waals surface area contributed by atoms with E-state index < -0.39 is 0 Å². The van der Waals surface area contributed by atoms with Crippen molar-refractivity contribution in [3.63, 3.8) is 0 Å². The molecule has 4 nitrogen and oxygen atoms in total. The molecule has 0 aromatic heterocycles. The summed E-state index contributed by atoms with van der Waals surface area (Å²) in [5.74, 6) is -0.367. The van der Waals surface area contributed by atoms with E-state index in [1.165, 1.54) is 0 Å². The topological polar surface area (TPSA) is 49.4 Å². The highest BCUT2D eigenvalue weighted by Crippen LogP contribution is 2.23. The lowest BCUT2D eigenvalue weighted by molar-refractivity contribution is -0.128. The van der Waals surface area contributed by atoms with Gasteiger partial charge in [0.25, 0.3) is 0 Å². The zero-order chi connectivity index (χ0) is 17.1. The molecule has 1 N–H and O–H groups in total. The molecule has 1 aliphatic heterocycles. The van der Waals surface area contributed by atoms with E-state index in [1.807, 2.05) is 55.5 Å². The Labute approximate surface area is 150 Å². The molecule has 0 unspecified atom stereocenters. The van der Waals surface area contributed by atoms with Crippen LogP contribution >= 0.6 is 15.9 Å². The first-order valence-corrected chi connectivity index (χ1v) is 8.70. The average Bonchev–Trinajstić information content (AvgIpc) is 2.91. The summed E-state index contributed by atoms with van der Waals surface area (Å²) >= 11 is 3.44. The minimum atomic E-state index is -0.300. The number of hydrogen-bond acceptors (Lipinski definition) is 2. The number of anilines is 1. The number of nitrogens with one attached hydrogen (secondary N) is 1. The second-order valence-corrected chi connectivity index (χ2v) is 7.08. The van der Waals surface area contributed by atoms with Crippen molar-refractivity contribution in [3.05, 3.63) is 64.1 Å². The van der Waals surface area contributed by atoms with Crippen molar-refractivity contribution in [2.45, 2.75) is 19.9 Å². The summed E-state index contributed by atoms with van der Waals surface area (Å²) in [5, 5.41) is 2.90. The fourth-order valence-corrected chi connectivity index (χ4v) is 3.28. The molecule has 0 saturated carbocycles. The van der Waals surface area contributed by atoms with E-state index >= 15 is 0 Å². The number of likely N-dealkylation sites (tertiary alicyclic amines) is 1. The third-order valence-electron chi connectivity index (χ3n) is 4.17. The predicted molar refractivity (Wildman–Crippen MR) is 97.5 cm³/mol. The van der Waals surface area contributed by atoms with Crippen molar-refractivity contribution in [3.8, 4) is 0 Å². The molecule has 3 rings (SSSR count). The monoisotopic (exact) mass is 386 g/mol. The Morgan fingerprint density at radius 3 is 2.71 bits per heavy atom. The molecule has 1 heterocycles. The standard InChI is InChI=1S/C19H19BrN2O2/c1-13-5-7-17(8-6-13)21-19(24)15-10-18(23)22(12-15)11-14-3-2-4-16(20)9-14/h2-9,15H,10-12H2,1H3,(H,21,24)/t15-/m1/s1. The highest BCUT2D eigenvalue weighted by molar-refractivity contribution is 9.10. The summed E-state index contributed by atoms with van der Waals surface area (Å²) in [4.78, 5) is 26.4. The average molecular weight is 387 g/mol. The molecule has 0 aliphatic carbocycles. The lowest BCUT2D eigenvalue weighted by Gasteiger charge is -2.17. The second-order valence-electron chi connectivity index (χ2n) is 6.16. The van der Waals surface area contributed by atoms with Gasteiger partial charge in [-0.1, -0.05) is 45.8 Å². The number of nitrogens with zero attached hydrogens (tertiary/aromatic N) is 1. The van der Waals surface area contributed by atoms with Crippen LogP contribution in [0.4, 0.5) is 5.69 Å². The van der Waals surface area contributed by atoms with Gasteiger partial charge in [0, 0.05) is 29.7 Å². The summed E-state index contributed by atoms with van der Waals surface area (Å²) in [7, 11) is 0. The normalized spacial score (nSPS) is 17.2. The van der Waals surface area contributed by atoms with Gasteiger partial charge in [-0.25, -0.2) is 0 Å². The van der Waals surface area contributed by atoms with Crippen LogP contribution in [0.15, 0.2) is 53.0 Å². The molecular formula is C19H19BrN2O2. The van der Waals surface area contributed by atoms with Crippen molar-refractivity contribution in [2.75, 3.05) is 11.9 Å². The van der Waals surface area contributed by atoms with Gasteiger partial charge in [0.1, 0.15) is 0 Å². The molecule has 1 atom stereocenters. The van der Waals surface area contributed by atoms with Gasteiger partial charge in [0.15, 0.2) is 0 Å². The smallest absolute Gasteiger partial charge is 0.229 e. The number of hydrogen-bond donors (Lipinski definition) is 1. The van der Waals surface area contributed by atoms with Crippen LogP contribution in [0.2, 0.25) is 0 Å². The maximum absolute atomic E-state index is 12.4. The summed E-state index contributed by atoms with van der Waals surface area (Å²) in [6, 6.07) is 15.5. The Bertz CT molecular complexity index is 758. The summed E-state index contributed by atoms with van der Waals surface area (Å²) in [6.07, 6.45) is 0.270. The molecule has 2 aromatic carbocycles. The van der Waals surface area contributed by atoms with E-state index in [2.05, 4.69) is 21.2 Å². The molecule has 0 spiro atoms. The first-order valence-electron chi connectivity index (χ1n) is 7.91. The number of aryl methyl sites for hydroxylation is 1. The van der Waals surface area contributed by atoms with Gasteiger partial charge in [-0.15, -0.1) is 0 Å². The Morgan fingerprint density at radius 2 is 2.00 bits per heavy atom. The molecule has 2 amide bonds. The quantitative estimate of drug-likeness (QED) is 0.869. The van der Waals surface area contributed by atoms with Gasteiger partial charge in [0.05, 0.1) is 5.92 Å². The second kappa shape index (κ2) is 7.18. The molecular weight excluding hydrogens is 368 g/mol. The number of rotatable bonds is 4. The molecule has 1 aliphatic rings. The first-order chi connectivity index (χ1) is 11.5. The lowest BCUT2D eigenvalue weighted by atomic mass is 10.1. The van der Waals surface area contributed by atoms with Crippen LogP contribution in [-0.4, -0.2) is 23.3 Å². The highest BCUT2D eigenvalue weighted by Gasteiger charge is 2.34. The van der Waals surface area contributed by atoms with Crippen LogP contribution in [0.25, 0.3) is 0 Å². The lowest BCUT2D eigenvalue weighted by Crippen LogP contribution is -2.28. The third-order valence-corrected chi connectivity index (χ3v) is 4.66. The minimum Gasteiger partial charge on any atom is -0.338 e. The molecule has 24 heavy (non-hydrogen) atoms. The van der Waals surface area contributed by atoms with Gasteiger partial charge in [-0.05, 0) is 36.8 Å². The summed E-state index contributed by atoms with van der Waals surface area (Å²) < 4.78 is 0.986. The first kappa shape index (κ1) is 16.7. The van der Waals surface area contributed by atoms with Crippen molar-refractivity contribution in [1.29, 1.82) is 0 Å². The van der Waals surface area contributed by atoms with E-state index in [4.69, 9.17) is 0 Å². The molecule has 124 valence electrons. The summed E-state index contributed by atoms with van der Waals surface area (Å²) in [6.45, 7) is 3.00. The molecule has 1 saturated heterocycles. The SMILES string of the molecule is Cc1ccc(NC(=O)[C@@H]2CC(=O)N(Cc3cccc(Br)c3)C2)cc1. The maximum Gasteiger partial charge on any atom is 0.229 e. The zero-order valence-electron chi connectivity index (χ0n) is 13.5. The van der Waals surface area contributed by atoms with E-state index in [0.29, 0.717) is 13.1 Å². The van der Waals surface area contributed by atoms with Crippen LogP contribution in [-0.2, 0) is 16.1 Å². The Balaban J connectivity index is 1.61. The molecule has 0 bridgehead atoms. The van der Waals surface area contributed by atoms with E-state index in [9.17, 15) is 9.59 Å². The van der Waals surface area contributed by atoms with Crippen molar-refractivity contribution < 1.29 is 9.59 Å². The number of benzene rings is 2. The van der Waals surface area contributed by atoms with Crippen molar-refractivity contribution in [1.82, 2.24) is 4.90 Å². The van der Waals surface area contributed by atoms with Gasteiger partial charge in [0.2, 0.25) is 11.8 Å². The predicted octanol–water partition coefficient (Wildman–Crippen LogP) is 3.74. The van der Waals surface area contributed by atoms with Gasteiger partial charge in [-0.2, -0.15) is 0 Å². The fourth-order valence-electron chi connectivity index (χ4n) is 2.84. The Kier molecular flexibility index (Phi) is 5.00. The van der Waals surface area contributed by atoms with Crippen LogP contribution in [0.3, 0.4) is 0 Å². The number of carbonyl (C=O) groups is 2. The molecule has 1 fully saturated rings. The molecule has 2 aromatic rings. The molecule has 5 heteroatoms. The van der Waals surface area contributed by atoms with Crippen LogP contribution < -0.4 is 5.32 Å². The maximum atomic E-state index is 12.4. The zero-order valence-corrected chi connectivity index (χ0v) is 15.0. The third kappa shape index (κ3) is 4.03. The number of carbonyl (C=O) groups excluding carboxylic acids is 2. The number of halogens is 1. The minimum absolute atomic E-state index is 0.0269. The van der Waals surface area contributed by atoms with Gasteiger partial charge >= 0.3 is 0 Å². The van der Waals surface area contributed by atoms with E-state index in [0.717, 1.165) is 21.3 Å². The van der Waals surface area contributed by atoms with E-state index in [-0.39, 0.29) is 24.2 Å². The van der Waals surface area contributed by atoms with Crippen molar-refractivity contribution in [2.24, 2.45) is 5.92 Å². The van der Waals surface area contributed by atoms with Gasteiger partial charge in [-0.3, -0.25) is 9.59 Å². The number of amides is 2. The largest absolute Gasteiger partial charge is 0.338 e. The van der Waals surface area contributed by atoms with E-state index in [1.54, 1.807) is 4.90 Å². The van der Waals surface area contributed by atoms with Gasteiger partial charge < -0.3 is 10.2 Å².